The Morgan fingerprint density at radius 3 is 0.993 bits per heavy atom. The van der Waals surface area contributed by atoms with Crippen molar-refractivity contribution in [2.75, 3.05) is 65.8 Å². The number of hydrogen-bond acceptors (Lipinski definition) is 38. The Morgan fingerprint density at radius 1 is 0.392 bits per heavy atom. The monoisotopic (exact) mass is 2050 g/mol. The Bertz CT molecular complexity index is 4120. The number of carbonyl (C=O) groups is 20. The van der Waals surface area contributed by atoms with Gasteiger partial charge in [-0.05, 0) is 77.0 Å². The zero-order valence-electron chi connectivity index (χ0n) is 82.4. The molecule has 0 spiro atoms. The number of nitrogens with two attached hydrogens (primary N) is 4. The van der Waals surface area contributed by atoms with Crippen LogP contribution in [-0.4, -0.2) is 362 Å². The maximum absolute atomic E-state index is 13.6. The zero-order chi connectivity index (χ0) is 107. The van der Waals surface area contributed by atoms with Crippen LogP contribution in [0.2, 0.25) is 0 Å². The van der Waals surface area contributed by atoms with Gasteiger partial charge in [0.2, 0.25) is 23.6 Å². The van der Waals surface area contributed by atoms with Crippen molar-refractivity contribution < 1.29 is 206 Å². The van der Waals surface area contributed by atoms with Crippen LogP contribution in [0.5, 0.6) is 0 Å². The fourth-order valence-corrected chi connectivity index (χ4v) is 16.0. The maximum atomic E-state index is 13.6. The van der Waals surface area contributed by atoms with Crippen LogP contribution < -0.4 is 74.1 Å². The van der Waals surface area contributed by atoms with E-state index in [1.807, 2.05) is 0 Å². The number of nitrogens with one attached hydrogen (secondary N) is 4. The van der Waals surface area contributed by atoms with Gasteiger partial charge in [0.1, 0.15) is 144 Å². The van der Waals surface area contributed by atoms with Gasteiger partial charge in [0.15, 0.2) is 47.6 Å². The van der Waals surface area contributed by atoms with Crippen molar-refractivity contribution in [3.8, 4) is 0 Å². The van der Waals surface area contributed by atoms with E-state index in [0.29, 0.717) is 12.8 Å². The molecule has 143 heavy (non-hydrogen) atoms. The normalized spacial score (nSPS) is 21.3. The molecule has 0 bridgehead atoms. The number of aliphatic carboxylic acids is 2. The first-order valence-electron chi connectivity index (χ1n) is 47.7. The molecule has 0 radical (unpaired) electrons. The molecule has 4 amide bonds. The first kappa shape index (κ1) is 129. The molecule has 51 heteroatoms. The number of amidine groups is 2. The van der Waals surface area contributed by atoms with Crippen LogP contribution in [0.25, 0.3) is 0 Å². The summed E-state index contributed by atoms with van der Waals surface area (Å²) in [4.78, 5) is 284. The summed E-state index contributed by atoms with van der Waals surface area (Å²) in [7, 11) is 0. The molecule has 0 aliphatic carbocycles. The fourth-order valence-electron chi connectivity index (χ4n) is 16.0. The molecular weight excluding hydrogens is 1900 g/mol. The predicted molar refractivity (Wildman–Crippen MR) is 499 cm³/mol. The van der Waals surface area contributed by atoms with Crippen molar-refractivity contribution >= 4 is 140 Å². The molecule has 4 aliphatic rings. The molecule has 18 unspecified atom stereocenters. The third-order valence-corrected chi connectivity index (χ3v) is 24.4. The minimum Gasteiger partial charge on any atom is -0.481 e. The number of guanidine groups is 2. The van der Waals surface area contributed by atoms with Gasteiger partial charge in [0.25, 0.3) is 0 Å². The van der Waals surface area contributed by atoms with Crippen LogP contribution in [0.15, 0.2) is 20.0 Å². The van der Waals surface area contributed by atoms with E-state index >= 15 is 0 Å². The minimum absolute atomic E-state index is 0. The maximum Gasteiger partial charge on any atom is 1.00 e. The van der Waals surface area contributed by atoms with Gasteiger partial charge in [0, 0.05) is 191 Å². The molecular formula is C92H146N14NaO36+. The van der Waals surface area contributed by atoms with Crippen molar-refractivity contribution in [2.45, 2.75) is 332 Å². The Labute approximate surface area is 849 Å². The van der Waals surface area contributed by atoms with Crippen LogP contribution in [0, 0.1) is 35.5 Å². The van der Waals surface area contributed by atoms with E-state index in [-0.39, 0.29) is 271 Å². The molecule has 18 atom stereocenters. The van der Waals surface area contributed by atoms with Crippen LogP contribution in [0.3, 0.4) is 0 Å². The number of carbonyl (C=O) groups excluding carboxylic acids is 18. The summed E-state index contributed by atoms with van der Waals surface area (Å²) in [5.74, 6) is -15.8. The van der Waals surface area contributed by atoms with Gasteiger partial charge < -0.3 is 114 Å². The van der Waals surface area contributed by atoms with Crippen LogP contribution in [-0.2, 0) is 115 Å². The van der Waals surface area contributed by atoms with E-state index in [9.17, 15) is 147 Å². The smallest absolute Gasteiger partial charge is 0.481 e. The van der Waals surface area contributed by atoms with Gasteiger partial charge in [-0.1, -0.05) is 27.7 Å². The Hall–Kier alpha value is -9.88. The third kappa shape index (κ3) is 48.8. The number of carboxylic acids is 2. The van der Waals surface area contributed by atoms with Crippen molar-refractivity contribution in [1.82, 2.24) is 31.4 Å². The molecule has 0 aromatic rings. The third-order valence-electron chi connectivity index (χ3n) is 24.4. The number of carboxylic acid groups (broad SMARTS) is 2. The number of Topliss-reactive ketones (excluding diaryl/α,β-unsaturated/α-hetero) is 14. The van der Waals surface area contributed by atoms with Gasteiger partial charge in [-0.2, -0.15) is 0 Å². The molecule has 0 saturated carbocycles. The Morgan fingerprint density at radius 2 is 0.692 bits per heavy atom. The standard InChI is InChI=1S/2C46H73N7O18.Na/c2*1-25(2)32(35(60)15-17-40(64)65)21-37(62)27(22-54)20-30(58)10-8-28(56)12-14-36(61)33(6-4-18-49-46(47)48)51-44(68)34-7-5-19-53(34)39(63)16-13-29(57)9-11-31(59)24-70-52-26(3)50-41-43(67)42(66)38(23-55)71-45(41)69;/h2*25,27,32-34,38,41-43,45,54-55,66-67,69H,4-24H2,1-3H3,(H,50,52)(H,51,68)(H,64,65)(H4,47,48,49);/q;;+1. The summed E-state index contributed by atoms with van der Waals surface area (Å²) in [6.45, 7) is 6.64. The molecule has 4 rings (SSSR count). The van der Waals surface area contributed by atoms with Crippen LogP contribution >= 0.6 is 0 Å². The number of ketones is 14. The predicted octanol–water partition coefficient (Wildman–Crippen LogP) is -7.22. The number of ether oxygens (including phenoxy) is 2. The summed E-state index contributed by atoms with van der Waals surface area (Å²) in [6.07, 6.45) is -16.4. The molecule has 4 aliphatic heterocycles. The molecule has 0 aromatic heterocycles. The number of hydroxylamine groups is 2. The van der Waals surface area contributed by atoms with Crippen molar-refractivity contribution in [1.29, 1.82) is 0 Å². The first-order chi connectivity index (χ1) is 67.0. The van der Waals surface area contributed by atoms with Gasteiger partial charge in [-0.25, -0.2) is 0 Å². The second-order valence-electron chi connectivity index (χ2n) is 36.3. The van der Waals surface area contributed by atoms with E-state index < -0.39 is 278 Å². The fraction of sp³-hybridized carbons (Fsp3) is 0.739. The molecule has 24 N–H and O–H groups in total. The SMILES string of the molecule is CC(=NC1C(O)OC(CO)C(O)C1O)NOCC(=O)CCC(=O)CCC(=O)N1CCCC1C(=O)NC(CCCN=C(N)N)C(=O)CCC(=O)CCC(=O)CC(CO)C(=O)CC(C(=O)CCC(=O)O)C(C)C.CC(=NC1C(O)OC(CO)C(O)C1O)NOCC(=O)CCC(=O)CCC(=O)N1CCCC1C(=O)NC(CCCN=C(N)N)C(=O)CCC(=O)CCC(=O)CC(CO)C(=O)CC(C(=O)CCC(=O)O)C(C)C.[Na+]. The topological polar surface area (TPSA) is 829 Å². The van der Waals surface area contributed by atoms with E-state index in [0.717, 1.165) is 0 Å². The average Bonchev–Trinajstić information content (AvgIpc) is 1.64. The van der Waals surface area contributed by atoms with Gasteiger partial charge in [0.05, 0.1) is 51.4 Å². The van der Waals surface area contributed by atoms with Gasteiger partial charge in [-0.15, -0.1) is 0 Å². The van der Waals surface area contributed by atoms with E-state index in [2.05, 4.69) is 41.6 Å². The second-order valence-corrected chi connectivity index (χ2v) is 36.3. The van der Waals surface area contributed by atoms with Crippen LogP contribution in [0.1, 0.15) is 247 Å². The summed E-state index contributed by atoms with van der Waals surface area (Å²) < 4.78 is 10.1. The number of rotatable bonds is 70. The Balaban J connectivity index is 0.000000960. The number of aliphatic hydroxyl groups excluding tert-OH is 10. The summed E-state index contributed by atoms with van der Waals surface area (Å²) in [6, 6.07) is -6.76. The number of aliphatic imine (C=N–C) groups is 4. The quantitative estimate of drug-likeness (QED) is 0.00884. The average molecular weight is 2050 g/mol. The van der Waals surface area contributed by atoms with Crippen LogP contribution in [0.4, 0.5) is 0 Å². The second kappa shape index (κ2) is 68.5. The molecule has 4 saturated heterocycles. The largest absolute Gasteiger partial charge is 1.00 e. The Kier molecular flexibility index (Phi) is 61.9. The van der Waals surface area contributed by atoms with Crippen molar-refractivity contribution in [2.24, 2.45) is 78.4 Å². The number of aliphatic hydroxyl groups is 10. The molecule has 50 nitrogen and oxygen atoms in total. The summed E-state index contributed by atoms with van der Waals surface area (Å²) in [5.41, 5.74) is 26.4. The minimum atomic E-state index is -1.65. The molecule has 4 fully saturated rings. The van der Waals surface area contributed by atoms with E-state index in [1.54, 1.807) is 27.7 Å². The number of amides is 4. The first-order valence-corrected chi connectivity index (χ1v) is 47.7. The van der Waals surface area contributed by atoms with Gasteiger partial charge >= 0.3 is 41.5 Å². The zero-order valence-corrected chi connectivity index (χ0v) is 84.4. The van der Waals surface area contributed by atoms with Crippen molar-refractivity contribution in [3.63, 3.8) is 0 Å². The van der Waals surface area contributed by atoms with E-state index in [1.165, 1.54) is 23.6 Å². The molecule has 800 valence electrons. The van der Waals surface area contributed by atoms with Gasteiger partial charge in [-0.3, -0.25) is 136 Å². The number of hydrogen-bond donors (Lipinski definition) is 20. The number of likely N-dealkylation sites (tertiary alicyclic amines) is 2. The van der Waals surface area contributed by atoms with Crippen molar-refractivity contribution in [3.05, 3.63) is 0 Å². The number of nitrogens with zero attached hydrogens (tertiary/aromatic N) is 6. The summed E-state index contributed by atoms with van der Waals surface area (Å²) >= 11 is 0. The molecule has 4 heterocycles. The summed E-state index contributed by atoms with van der Waals surface area (Å²) in [5, 5.41) is 122. The molecule has 0 aromatic carbocycles. The van der Waals surface area contributed by atoms with E-state index in [4.69, 9.17) is 52.3 Å².